The van der Waals surface area contributed by atoms with Crippen LogP contribution in [0.1, 0.15) is 17.4 Å². The number of rotatable bonds is 3. The first-order chi connectivity index (χ1) is 11.9. The summed E-state index contributed by atoms with van der Waals surface area (Å²) in [5.41, 5.74) is 0.435. The Kier molecular flexibility index (Phi) is 4.63. The number of anilines is 2. The van der Waals surface area contributed by atoms with E-state index in [1.165, 1.54) is 19.1 Å². The van der Waals surface area contributed by atoms with Crippen molar-refractivity contribution in [1.82, 2.24) is 4.98 Å². The Morgan fingerprint density at radius 1 is 1.08 bits per heavy atom. The third kappa shape index (κ3) is 3.75. The average Bonchev–Trinajstić information content (AvgIpc) is 2.57. The molecule has 0 aliphatic rings. The maximum Gasteiger partial charge on any atom is 0.274 e. The number of aromatic nitrogens is 1. The molecule has 0 aliphatic heterocycles. The van der Waals surface area contributed by atoms with Gasteiger partial charge >= 0.3 is 0 Å². The van der Waals surface area contributed by atoms with Gasteiger partial charge in [-0.3, -0.25) is 9.59 Å². The van der Waals surface area contributed by atoms with Gasteiger partial charge in [0.25, 0.3) is 5.91 Å². The van der Waals surface area contributed by atoms with Crippen LogP contribution in [-0.4, -0.2) is 16.8 Å². The molecule has 7 heteroatoms. The van der Waals surface area contributed by atoms with Gasteiger partial charge in [-0.1, -0.05) is 35.9 Å². The van der Waals surface area contributed by atoms with Crippen molar-refractivity contribution >= 4 is 45.6 Å². The van der Waals surface area contributed by atoms with Gasteiger partial charge in [0.2, 0.25) is 5.91 Å². The Morgan fingerprint density at radius 3 is 2.60 bits per heavy atom. The van der Waals surface area contributed by atoms with Gasteiger partial charge < -0.3 is 10.6 Å². The molecule has 0 atom stereocenters. The number of nitrogens with one attached hydrogen (secondary N) is 2. The topological polar surface area (TPSA) is 71.1 Å². The van der Waals surface area contributed by atoms with E-state index >= 15 is 0 Å². The molecule has 5 nitrogen and oxygen atoms in total. The largest absolute Gasteiger partial charge is 0.324 e. The van der Waals surface area contributed by atoms with E-state index in [0.29, 0.717) is 5.69 Å². The van der Waals surface area contributed by atoms with Crippen molar-refractivity contribution in [3.63, 3.8) is 0 Å². The lowest BCUT2D eigenvalue weighted by Gasteiger charge is -2.09. The molecule has 2 N–H and O–H groups in total. The highest BCUT2D eigenvalue weighted by molar-refractivity contribution is 6.34. The zero-order chi connectivity index (χ0) is 18.0. The van der Waals surface area contributed by atoms with E-state index in [4.69, 9.17) is 11.6 Å². The summed E-state index contributed by atoms with van der Waals surface area (Å²) in [4.78, 5) is 27.6. The van der Waals surface area contributed by atoms with Crippen LogP contribution in [0, 0.1) is 5.82 Å². The highest BCUT2D eigenvalue weighted by Crippen LogP contribution is 2.24. The van der Waals surface area contributed by atoms with Crippen LogP contribution in [0.25, 0.3) is 10.8 Å². The van der Waals surface area contributed by atoms with Crippen LogP contribution in [-0.2, 0) is 4.79 Å². The fraction of sp³-hybridized carbons (Fsp3) is 0.0556. The van der Waals surface area contributed by atoms with Gasteiger partial charge in [0.1, 0.15) is 16.7 Å². The number of carbonyl (C=O) groups excluding carboxylic acids is 2. The van der Waals surface area contributed by atoms with Gasteiger partial charge in [0.15, 0.2) is 0 Å². The van der Waals surface area contributed by atoms with Gasteiger partial charge in [-0.25, -0.2) is 9.37 Å². The van der Waals surface area contributed by atoms with Gasteiger partial charge in [-0.2, -0.15) is 0 Å². The summed E-state index contributed by atoms with van der Waals surface area (Å²) >= 11 is 6.12. The lowest BCUT2D eigenvalue weighted by atomic mass is 10.1. The minimum absolute atomic E-state index is 0.0187. The van der Waals surface area contributed by atoms with E-state index in [1.807, 2.05) is 24.3 Å². The van der Waals surface area contributed by atoms with Crippen molar-refractivity contribution in [3.05, 3.63) is 65.2 Å². The number of fused-ring (bicyclic) bond motifs is 1. The van der Waals surface area contributed by atoms with Crippen molar-refractivity contribution in [3.8, 4) is 0 Å². The lowest BCUT2D eigenvalue weighted by Crippen LogP contribution is -2.14. The molecule has 3 rings (SSSR count). The minimum atomic E-state index is -0.597. The maximum absolute atomic E-state index is 13.7. The second kappa shape index (κ2) is 6.86. The Hall–Kier alpha value is -2.99. The standard InChI is InChI=1S/C18H13ClFN3O2/c1-10(24)21-15-9-12(6-7-14(15)20)22-18(25)16-8-11-4-2-3-5-13(11)17(19)23-16/h2-9H,1H3,(H,21,24)(H,22,25). The highest BCUT2D eigenvalue weighted by atomic mass is 35.5. The predicted molar refractivity (Wildman–Crippen MR) is 95.4 cm³/mol. The molecule has 0 radical (unpaired) electrons. The fourth-order valence-corrected chi connectivity index (χ4v) is 2.62. The molecule has 1 heterocycles. The lowest BCUT2D eigenvalue weighted by molar-refractivity contribution is -0.114. The first-order valence-electron chi connectivity index (χ1n) is 7.38. The van der Waals surface area contributed by atoms with E-state index in [-0.39, 0.29) is 16.5 Å². The van der Waals surface area contributed by atoms with Crippen LogP contribution in [0.3, 0.4) is 0 Å². The monoisotopic (exact) mass is 357 g/mol. The average molecular weight is 358 g/mol. The Morgan fingerprint density at radius 2 is 1.84 bits per heavy atom. The Labute approximate surface area is 147 Å². The smallest absolute Gasteiger partial charge is 0.274 e. The molecular formula is C18H13ClFN3O2. The van der Waals surface area contributed by atoms with Gasteiger partial charge in [0, 0.05) is 18.0 Å². The normalized spacial score (nSPS) is 10.5. The quantitative estimate of drug-likeness (QED) is 0.689. The summed E-state index contributed by atoms with van der Waals surface area (Å²) in [5.74, 6) is -1.50. The number of amides is 2. The van der Waals surface area contributed by atoms with E-state index in [9.17, 15) is 14.0 Å². The van der Waals surface area contributed by atoms with Gasteiger partial charge in [-0.15, -0.1) is 0 Å². The molecule has 2 amide bonds. The van der Waals surface area contributed by atoms with Crippen LogP contribution in [0.4, 0.5) is 15.8 Å². The van der Waals surface area contributed by atoms with Crippen molar-refractivity contribution in [2.45, 2.75) is 6.92 Å². The molecule has 0 unspecified atom stereocenters. The number of carbonyl (C=O) groups is 2. The van der Waals surface area contributed by atoms with Crippen molar-refractivity contribution < 1.29 is 14.0 Å². The molecule has 0 spiro atoms. The molecule has 0 bridgehead atoms. The molecule has 0 fully saturated rings. The molecule has 1 aromatic heterocycles. The predicted octanol–water partition coefficient (Wildman–Crippen LogP) is 4.24. The number of hydrogen-bond acceptors (Lipinski definition) is 3. The van der Waals surface area contributed by atoms with Crippen LogP contribution in [0.2, 0.25) is 5.15 Å². The first kappa shape index (κ1) is 16.9. The van der Waals surface area contributed by atoms with Gasteiger partial charge in [-0.05, 0) is 29.7 Å². The summed E-state index contributed by atoms with van der Waals surface area (Å²) in [5, 5.41) is 6.72. The van der Waals surface area contributed by atoms with Crippen LogP contribution in [0.5, 0.6) is 0 Å². The zero-order valence-corrected chi connectivity index (χ0v) is 13.9. The summed E-state index contributed by atoms with van der Waals surface area (Å²) in [6.45, 7) is 1.27. The summed E-state index contributed by atoms with van der Waals surface area (Å²) in [6, 6.07) is 12.8. The summed E-state index contributed by atoms with van der Waals surface area (Å²) < 4.78 is 13.7. The van der Waals surface area contributed by atoms with Gasteiger partial charge in [0.05, 0.1) is 5.69 Å². The molecule has 0 saturated heterocycles. The molecular weight excluding hydrogens is 345 g/mol. The number of halogens is 2. The number of nitrogens with zero attached hydrogens (tertiary/aromatic N) is 1. The minimum Gasteiger partial charge on any atom is -0.324 e. The fourth-order valence-electron chi connectivity index (χ4n) is 2.36. The first-order valence-corrected chi connectivity index (χ1v) is 7.75. The highest BCUT2D eigenvalue weighted by Gasteiger charge is 2.13. The van der Waals surface area contributed by atoms with Crippen molar-refractivity contribution in [2.24, 2.45) is 0 Å². The second-order valence-electron chi connectivity index (χ2n) is 5.35. The zero-order valence-electron chi connectivity index (χ0n) is 13.1. The van der Waals surface area contributed by atoms with Crippen molar-refractivity contribution in [2.75, 3.05) is 10.6 Å². The second-order valence-corrected chi connectivity index (χ2v) is 5.71. The molecule has 2 aromatic carbocycles. The van der Waals surface area contributed by atoms with E-state index < -0.39 is 17.6 Å². The number of pyridine rings is 1. The summed E-state index contributed by atoms with van der Waals surface area (Å²) in [7, 11) is 0. The van der Waals surface area contributed by atoms with E-state index in [2.05, 4.69) is 15.6 Å². The molecule has 0 saturated carbocycles. The molecule has 3 aromatic rings. The third-order valence-electron chi connectivity index (χ3n) is 3.46. The number of hydrogen-bond donors (Lipinski definition) is 2. The Balaban J connectivity index is 1.89. The molecule has 25 heavy (non-hydrogen) atoms. The third-order valence-corrected chi connectivity index (χ3v) is 3.75. The number of benzene rings is 2. The summed E-state index contributed by atoms with van der Waals surface area (Å²) in [6.07, 6.45) is 0. The van der Waals surface area contributed by atoms with Crippen LogP contribution < -0.4 is 10.6 Å². The van der Waals surface area contributed by atoms with E-state index in [1.54, 1.807) is 6.07 Å². The van der Waals surface area contributed by atoms with Crippen molar-refractivity contribution in [1.29, 1.82) is 0 Å². The van der Waals surface area contributed by atoms with Crippen LogP contribution >= 0.6 is 11.6 Å². The van der Waals surface area contributed by atoms with E-state index in [0.717, 1.165) is 16.8 Å². The van der Waals surface area contributed by atoms with Crippen LogP contribution in [0.15, 0.2) is 48.5 Å². The molecule has 0 aliphatic carbocycles. The Bertz CT molecular complexity index is 991. The maximum atomic E-state index is 13.7. The molecule has 126 valence electrons. The SMILES string of the molecule is CC(=O)Nc1cc(NC(=O)c2cc3ccccc3c(Cl)n2)ccc1F.